The quantitative estimate of drug-likeness (QED) is 0.491. The lowest BCUT2D eigenvalue weighted by atomic mass is 10.1. The molecule has 0 saturated heterocycles. The Morgan fingerprint density at radius 1 is 1.20 bits per heavy atom. The van der Waals surface area contributed by atoms with Gasteiger partial charge in [-0.3, -0.25) is 4.79 Å². The number of carbonyl (C=O) groups is 1. The van der Waals surface area contributed by atoms with Crippen molar-refractivity contribution < 1.29 is 13.6 Å². The van der Waals surface area contributed by atoms with Crippen LogP contribution in [0.3, 0.4) is 0 Å². The lowest BCUT2D eigenvalue weighted by Crippen LogP contribution is -2.31. The second-order valence-electron chi connectivity index (χ2n) is 6.65. The third-order valence-corrected chi connectivity index (χ3v) is 5.59. The van der Waals surface area contributed by atoms with Gasteiger partial charge in [0.2, 0.25) is 5.82 Å². The van der Waals surface area contributed by atoms with Gasteiger partial charge in [-0.2, -0.15) is 9.90 Å². The van der Waals surface area contributed by atoms with E-state index in [2.05, 4.69) is 20.5 Å². The van der Waals surface area contributed by atoms with Crippen LogP contribution in [0.5, 0.6) is 0 Å². The second-order valence-corrected chi connectivity index (χ2v) is 7.60. The largest absolute Gasteiger partial charge is 0.467 e. The maximum atomic E-state index is 13.1. The number of carbonyl (C=O) groups excluding carboxylic acids is 1. The molecule has 0 saturated carbocycles. The minimum absolute atomic E-state index is 0.132. The van der Waals surface area contributed by atoms with E-state index in [9.17, 15) is 9.18 Å². The Morgan fingerprint density at radius 3 is 2.80 bits per heavy atom. The average Bonchev–Trinajstić information content (AvgIpc) is 3.55. The van der Waals surface area contributed by atoms with Gasteiger partial charge in [0, 0.05) is 12.0 Å². The number of tetrazole rings is 1. The van der Waals surface area contributed by atoms with Crippen LogP contribution in [0, 0.1) is 5.82 Å². The van der Waals surface area contributed by atoms with Gasteiger partial charge < -0.3 is 4.42 Å². The summed E-state index contributed by atoms with van der Waals surface area (Å²) in [5.41, 5.74) is 1.45. The van der Waals surface area contributed by atoms with E-state index in [1.165, 1.54) is 21.9 Å². The molecule has 1 atom stereocenters. The fraction of sp³-hybridized carbons (Fsp3) is 0.150. The molecule has 0 fully saturated rings. The van der Waals surface area contributed by atoms with Gasteiger partial charge in [-0.25, -0.2) is 9.40 Å². The molecule has 150 valence electrons. The number of nitrogens with zero attached hydrogens (tertiary/aromatic N) is 6. The first-order chi connectivity index (χ1) is 14.7. The first kappa shape index (κ1) is 18.4. The van der Waals surface area contributed by atoms with E-state index in [1.807, 2.05) is 23.6 Å². The number of hydrazone groups is 1. The Morgan fingerprint density at radius 2 is 2.07 bits per heavy atom. The molecule has 4 aromatic rings. The molecule has 1 aliphatic heterocycles. The zero-order chi connectivity index (χ0) is 20.5. The van der Waals surface area contributed by atoms with Crippen molar-refractivity contribution in [2.24, 2.45) is 5.10 Å². The summed E-state index contributed by atoms with van der Waals surface area (Å²) < 4.78 is 18.6. The van der Waals surface area contributed by atoms with Crippen molar-refractivity contribution in [3.8, 4) is 11.4 Å². The highest BCUT2D eigenvalue weighted by Gasteiger charge is 2.35. The van der Waals surface area contributed by atoms with Gasteiger partial charge >= 0.3 is 0 Å². The van der Waals surface area contributed by atoms with Crippen LogP contribution >= 0.6 is 11.3 Å². The van der Waals surface area contributed by atoms with Crippen LogP contribution in [0.4, 0.5) is 4.39 Å². The van der Waals surface area contributed by atoms with E-state index in [0.29, 0.717) is 23.6 Å². The molecule has 0 spiro atoms. The number of hydrogen-bond acceptors (Lipinski definition) is 7. The van der Waals surface area contributed by atoms with Crippen molar-refractivity contribution in [3.05, 3.63) is 76.6 Å². The Balaban J connectivity index is 1.38. The summed E-state index contributed by atoms with van der Waals surface area (Å²) >= 11 is 1.57. The Kier molecular flexibility index (Phi) is 4.68. The van der Waals surface area contributed by atoms with Gasteiger partial charge in [-0.15, -0.1) is 21.5 Å². The molecule has 0 N–H and O–H groups in total. The predicted molar refractivity (Wildman–Crippen MR) is 107 cm³/mol. The highest BCUT2D eigenvalue weighted by atomic mass is 32.1. The molecule has 30 heavy (non-hydrogen) atoms. The molecule has 1 aliphatic rings. The lowest BCUT2D eigenvalue weighted by Gasteiger charge is -2.19. The van der Waals surface area contributed by atoms with Crippen LogP contribution in [0.15, 0.2) is 69.7 Å². The van der Waals surface area contributed by atoms with Gasteiger partial charge in [0.15, 0.2) is 0 Å². The summed E-state index contributed by atoms with van der Waals surface area (Å²) in [6, 6.07) is 13.0. The molecule has 3 aromatic heterocycles. The maximum Gasteiger partial charge on any atom is 0.267 e. The molecule has 0 unspecified atom stereocenters. The Labute approximate surface area is 174 Å². The number of rotatable bonds is 5. The summed E-state index contributed by atoms with van der Waals surface area (Å²) in [6.45, 7) is -0.132. The number of hydrogen-bond donors (Lipinski definition) is 0. The molecular weight excluding hydrogens is 407 g/mol. The highest BCUT2D eigenvalue weighted by Crippen LogP contribution is 2.34. The van der Waals surface area contributed by atoms with Gasteiger partial charge in [-0.05, 0) is 53.1 Å². The molecule has 1 aromatic carbocycles. The third-order valence-electron chi connectivity index (χ3n) is 4.68. The van der Waals surface area contributed by atoms with Crippen LogP contribution in [0.2, 0.25) is 0 Å². The molecule has 0 bridgehead atoms. The molecule has 4 heterocycles. The SMILES string of the molecule is O=C(Cn1nnc(-c2ccc(F)cc2)n1)N1N=C(c2cccs2)C[C@H]1c1ccco1. The van der Waals surface area contributed by atoms with Crippen LogP contribution < -0.4 is 0 Å². The minimum Gasteiger partial charge on any atom is -0.467 e. The first-order valence-corrected chi connectivity index (χ1v) is 10.1. The third kappa shape index (κ3) is 3.52. The van der Waals surface area contributed by atoms with E-state index >= 15 is 0 Å². The van der Waals surface area contributed by atoms with Crippen LogP contribution in [-0.4, -0.2) is 36.8 Å². The standard InChI is InChI=1S/C20H15FN6O2S/c21-14-7-5-13(6-8-14)20-22-25-26(24-20)12-19(28)27-16(17-3-1-9-29-17)11-15(23-27)18-4-2-10-30-18/h1-10,16H,11-12H2/t16-/m0/s1. The van der Waals surface area contributed by atoms with Crippen molar-refractivity contribution in [2.45, 2.75) is 19.0 Å². The van der Waals surface area contributed by atoms with E-state index in [1.54, 1.807) is 35.8 Å². The average molecular weight is 422 g/mol. The molecular formula is C20H15FN6O2S. The van der Waals surface area contributed by atoms with Crippen molar-refractivity contribution in [2.75, 3.05) is 0 Å². The topological polar surface area (TPSA) is 89.4 Å². The number of amides is 1. The van der Waals surface area contributed by atoms with Crippen molar-refractivity contribution >= 4 is 23.0 Å². The monoisotopic (exact) mass is 422 g/mol. The summed E-state index contributed by atoms with van der Waals surface area (Å²) in [6.07, 6.45) is 2.14. The Hall–Kier alpha value is -3.66. The molecule has 1 amide bonds. The summed E-state index contributed by atoms with van der Waals surface area (Å²) in [5.74, 6) is 0.344. The number of halogens is 1. The predicted octanol–water partition coefficient (Wildman–Crippen LogP) is 3.51. The number of furan rings is 1. The van der Waals surface area contributed by atoms with Crippen molar-refractivity contribution in [1.82, 2.24) is 25.2 Å². The molecule has 8 nitrogen and oxygen atoms in total. The second kappa shape index (κ2) is 7.64. The highest BCUT2D eigenvalue weighted by molar-refractivity contribution is 7.12. The van der Waals surface area contributed by atoms with Gasteiger partial charge in [-0.1, -0.05) is 6.07 Å². The van der Waals surface area contributed by atoms with Crippen molar-refractivity contribution in [3.63, 3.8) is 0 Å². The van der Waals surface area contributed by atoms with E-state index in [-0.39, 0.29) is 24.3 Å². The fourth-order valence-electron chi connectivity index (χ4n) is 3.25. The minimum atomic E-state index is -0.348. The number of benzene rings is 1. The molecule has 0 radical (unpaired) electrons. The van der Waals surface area contributed by atoms with Crippen LogP contribution in [0.1, 0.15) is 23.1 Å². The molecule has 10 heteroatoms. The van der Waals surface area contributed by atoms with Gasteiger partial charge in [0.1, 0.15) is 24.2 Å². The summed E-state index contributed by atoms with van der Waals surface area (Å²) in [5, 5.41) is 20.1. The van der Waals surface area contributed by atoms with Gasteiger partial charge in [0.25, 0.3) is 5.91 Å². The zero-order valence-corrected chi connectivity index (χ0v) is 16.4. The lowest BCUT2D eigenvalue weighted by molar-refractivity contribution is -0.134. The van der Waals surface area contributed by atoms with E-state index in [0.717, 1.165) is 10.6 Å². The van der Waals surface area contributed by atoms with E-state index < -0.39 is 0 Å². The number of thiophene rings is 1. The van der Waals surface area contributed by atoms with Gasteiger partial charge in [0.05, 0.1) is 16.9 Å². The zero-order valence-electron chi connectivity index (χ0n) is 15.6. The normalized spacial score (nSPS) is 16.1. The summed E-state index contributed by atoms with van der Waals surface area (Å²) in [7, 11) is 0. The van der Waals surface area contributed by atoms with Crippen molar-refractivity contribution in [1.29, 1.82) is 0 Å². The smallest absolute Gasteiger partial charge is 0.267 e. The maximum absolute atomic E-state index is 13.1. The fourth-order valence-corrected chi connectivity index (χ4v) is 3.97. The first-order valence-electron chi connectivity index (χ1n) is 9.18. The number of aromatic nitrogens is 4. The van der Waals surface area contributed by atoms with E-state index in [4.69, 9.17) is 4.42 Å². The van der Waals surface area contributed by atoms with Crippen LogP contribution in [-0.2, 0) is 11.3 Å². The Bertz CT molecular complexity index is 1180. The summed E-state index contributed by atoms with van der Waals surface area (Å²) in [4.78, 5) is 15.2. The van der Waals surface area contributed by atoms with Crippen LogP contribution in [0.25, 0.3) is 11.4 Å². The molecule has 5 rings (SSSR count). The molecule has 0 aliphatic carbocycles.